The summed E-state index contributed by atoms with van der Waals surface area (Å²) in [7, 11) is 0. The number of benzene rings is 1. The molecule has 0 bridgehead atoms. The van der Waals surface area contributed by atoms with E-state index in [1.165, 1.54) is 12.1 Å². The highest BCUT2D eigenvalue weighted by molar-refractivity contribution is 6.45. The summed E-state index contributed by atoms with van der Waals surface area (Å²) in [6.07, 6.45) is 0. The van der Waals surface area contributed by atoms with E-state index in [9.17, 15) is 19.2 Å². The molecule has 0 unspecified atom stereocenters. The molecule has 128 valence electrons. The second-order valence-corrected chi connectivity index (χ2v) is 6.46. The van der Waals surface area contributed by atoms with E-state index in [1.54, 1.807) is 13.8 Å². The van der Waals surface area contributed by atoms with E-state index in [1.807, 2.05) is 0 Å². The quantitative estimate of drug-likeness (QED) is 0.485. The number of urea groups is 1. The smallest absolute Gasteiger partial charge is 0.323 e. The number of nitrogens with one attached hydrogen (secondary N) is 1. The normalized spacial score (nSPS) is 14.8. The van der Waals surface area contributed by atoms with Crippen LogP contribution in [0.1, 0.15) is 13.8 Å². The van der Waals surface area contributed by atoms with Crippen molar-refractivity contribution in [3.05, 3.63) is 27.2 Å². The highest BCUT2D eigenvalue weighted by Gasteiger charge is 2.46. The minimum Gasteiger partial charge on any atom is -0.323 e. The summed E-state index contributed by atoms with van der Waals surface area (Å²) in [5, 5.41) is 2.93. The minimum atomic E-state index is -1.05. The molecule has 0 aromatic heterocycles. The van der Waals surface area contributed by atoms with Crippen LogP contribution in [0.3, 0.4) is 0 Å². The average molecular weight is 393 g/mol. The van der Waals surface area contributed by atoms with Crippen molar-refractivity contribution in [2.24, 2.45) is 0 Å². The van der Waals surface area contributed by atoms with E-state index in [4.69, 9.17) is 34.8 Å². The zero-order valence-corrected chi connectivity index (χ0v) is 14.9. The molecule has 1 aliphatic rings. The minimum absolute atomic E-state index is 0.136. The molecular weight excluding hydrogens is 381 g/mol. The van der Waals surface area contributed by atoms with E-state index in [-0.39, 0.29) is 20.8 Å². The van der Waals surface area contributed by atoms with Gasteiger partial charge in [-0.05, 0) is 26.0 Å². The Bertz CT molecular complexity index is 751. The number of amides is 5. The summed E-state index contributed by atoms with van der Waals surface area (Å²) in [5.74, 6) is -2.73. The van der Waals surface area contributed by atoms with Gasteiger partial charge >= 0.3 is 17.8 Å². The van der Waals surface area contributed by atoms with Gasteiger partial charge in [0.1, 0.15) is 6.54 Å². The van der Waals surface area contributed by atoms with E-state index < -0.39 is 36.3 Å². The Morgan fingerprint density at radius 2 is 1.62 bits per heavy atom. The van der Waals surface area contributed by atoms with Gasteiger partial charge in [0.25, 0.3) is 0 Å². The fraction of sp³-hybridized carbons (Fsp3) is 0.286. The van der Waals surface area contributed by atoms with Gasteiger partial charge < -0.3 is 5.32 Å². The number of rotatable bonds is 4. The van der Waals surface area contributed by atoms with Crippen LogP contribution in [-0.4, -0.2) is 46.1 Å². The third kappa shape index (κ3) is 3.48. The van der Waals surface area contributed by atoms with Crippen LogP contribution < -0.4 is 5.32 Å². The molecule has 7 nitrogen and oxygen atoms in total. The van der Waals surface area contributed by atoms with Crippen molar-refractivity contribution in [1.29, 1.82) is 0 Å². The molecule has 1 fully saturated rings. The Kier molecular flexibility index (Phi) is 5.37. The van der Waals surface area contributed by atoms with Gasteiger partial charge in [0.15, 0.2) is 0 Å². The zero-order valence-electron chi connectivity index (χ0n) is 12.6. The molecule has 1 N–H and O–H groups in total. The van der Waals surface area contributed by atoms with Crippen LogP contribution in [-0.2, 0) is 14.4 Å². The molecule has 0 spiro atoms. The maximum absolute atomic E-state index is 12.1. The lowest BCUT2D eigenvalue weighted by Gasteiger charge is -2.18. The number of anilines is 1. The second kappa shape index (κ2) is 6.96. The van der Waals surface area contributed by atoms with Crippen molar-refractivity contribution in [2.75, 3.05) is 11.9 Å². The number of nitrogens with zero attached hydrogens (tertiary/aromatic N) is 2. The van der Waals surface area contributed by atoms with Crippen LogP contribution in [0.25, 0.3) is 0 Å². The lowest BCUT2D eigenvalue weighted by atomic mass is 10.3. The highest BCUT2D eigenvalue weighted by Crippen LogP contribution is 2.32. The highest BCUT2D eigenvalue weighted by atomic mass is 35.5. The molecule has 1 aliphatic heterocycles. The van der Waals surface area contributed by atoms with Gasteiger partial charge in [0.2, 0.25) is 5.91 Å². The van der Waals surface area contributed by atoms with Crippen LogP contribution in [0.2, 0.25) is 15.1 Å². The van der Waals surface area contributed by atoms with Gasteiger partial charge in [-0.15, -0.1) is 0 Å². The topological polar surface area (TPSA) is 86.8 Å². The Balaban J connectivity index is 2.13. The number of imide groups is 2. The van der Waals surface area contributed by atoms with Crippen molar-refractivity contribution >= 4 is 64.2 Å². The summed E-state index contributed by atoms with van der Waals surface area (Å²) in [6.45, 7) is 2.55. The summed E-state index contributed by atoms with van der Waals surface area (Å²) in [6, 6.07) is 1.35. The van der Waals surface area contributed by atoms with Crippen molar-refractivity contribution in [1.82, 2.24) is 9.80 Å². The molecule has 1 aromatic rings. The van der Waals surface area contributed by atoms with E-state index >= 15 is 0 Å². The first-order chi connectivity index (χ1) is 11.1. The monoisotopic (exact) mass is 391 g/mol. The fourth-order valence-corrected chi connectivity index (χ4v) is 2.66. The molecule has 10 heteroatoms. The van der Waals surface area contributed by atoms with Gasteiger partial charge in [-0.1, -0.05) is 34.8 Å². The zero-order chi connectivity index (χ0) is 18.2. The molecule has 1 saturated heterocycles. The average Bonchev–Trinajstić information content (AvgIpc) is 2.68. The van der Waals surface area contributed by atoms with E-state index in [2.05, 4.69) is 5.32 Å². The number of carbonyl (C=O) groups is 4. The summed E-state index contributed by atoms with van der Waals surface area (Å²) < 4.78 is 0. The third-order valence-corrected chi connectivity index (χ3v) is 4.22. The van der Waals surface area contributed by atoms with Crippen LogP contribution in [0.15, 0.2) is 12.1 Å². The Hall–Kier alpha value is -1.83. The molecule has 2 rings (SSSR count). The first-order valence-electron chi connectivity index (χ1n) is 6.77. The maximum Gasteiger partial charge on any atom is 0.334 e. The van der Waals surface area contributed by atoms with Gasteiger partial charge in [-0.2, -0.15) is 0 Å². The predicted octanol–water partition coefficient (Wildman–Crippen LogP) is 2.78. The number of carbonyl (C=O) groups excluding carboxylic acids is 4. The lowest BCUT2D eigenvalue weighted by molar-refractivity contribution is -0.144. The molecule has 24 heavy (non-hydrogen) atoms. The van der Waals surface area contributed by atoms with Gasteiger partial charge in [-0.3, -0.25) is 19.3 Å². The largest absolute Gasteiger partial charge is 0.334 e. The van der Waals surface area contributed by atoms with Crippen molar-refractivity contribution in [3.63, 3.8) is 0 Å². The second-order valence-electron chi connectivity index (χ2n) is 5.24. The molecule has 0 saturated carbocycles. The maximum atomic E-state index is 12.1. The van der Waals surface area contributed by atoms with Crippen LogP contribution >= 0.6 is 34.8 Å². The van der Waals surface area contributed by atoms with Crippen molar-refractivity contribution in [2.45, 2.75) is 19.9 Å². The van der Waals surface area contributed by atoms with Gasteiger partial charge in [-0.25, -0.2) is 9.69 Å². The molecule has 1 aromatic carbocycles. The SMILES string of the molecule is CC(C)N1C(=O)C(=O)N(CC(=O)Nc2cc(Cl)c(Cl)cc2Cl)C1=O. The van der Waals surface area contributed by atoms with Gasteiger partial charge in [0.05, 0.1) is 20.8 Å². The molecule has 0 radical (unpaired) electrons. The Morgan fingerprint density at radius 3 is 2.17 bits per heavy atom. The molecular formula is C14H12Cl3N3O4. The molecule has 0 aliphatic carbocycles. The van der Waals surface area contributed by atoms with Crippen LogP contribution in [0, 0.1) is 0 Å². The number of hydrogen-bond donors (Lipinski definition) is 1. The third-order valence-electron chi connectivity index (χ3n) is 3.19. The molecule has 5 amide bonds. The summed E-state index contributed by atoms with van der Waals surface area (Å²) >= 11 is 17.6. The first kappa shape index (κ1) is 18.5. The lowest BCUT2D eigenvalue weighted by Crippen LogP contribution is -2.40. The Labute approximate surface area is 152 Å². The van der Waals surface area contributed by atoms with Crippen molar-refractivity contribution in [3.8, 4) is 0 Å². The van der Waals surface area contributed by atoms with Gasteiger partial charge in [0, 0.05) is 6.04 Å². The molecule has 0 atom stereocenters. The van der Waals surface area contributed by atoms with E-state index in [0.29, 0.717) is 4.90 Å². The van der Waals surface area contributed by atoms with E-state index in [0.717, 1.165) is 4.90 Å². The standard InChI is InChI=1S/C14H12Cl3N3O4/c1-6(2)20-13(23)12(22)19(14(20)24)5-11(21)18-10-4-8(16)7(15)3-9(10)17/h3-4,6H,5H2,1-2H3,(H,18,21). The van der Waals surface area contributed by atoms with Crippen LogP contribution in [0.5, 0.6) is 0 Å². The van der Waals surface area contributed by atoms with Crippen molar-refractivity contribution < 1.29 is 19.2 Å². The summed E-state index contributed by atoms with van der Waals surface area (Å²) in [5.41, 5.74) is 0.169. The molecule has 1 heterocycles. The predicted molar refractivity (Wildman–Crippen MR) is 89.2 cm³/mol. The van der Waals surface area contributed by atoms with Crippen LogP contribution in [0.4, 0.5) is 10.5 Å². The first-order valence-corrected chi connectivity index (χ1v) is 7.90. The summed E-state index contributed by atoms with van der Waals surface area (Å²) in [4.78, 5) is 49.1. The fourth-order valence-electron chi connectivity index (χ4n) is 2.07. The number of halogens is 3. The Morgan fingerprint density at radius 1 is 1.04 bits per heavy atom. The number of hydrogen-bond acceptors (Lipinski definition) is 4.